The number of hydrogen-bond acceptors (Lipinski definition) is 6. The Hall–Kier alpha value is -3.75. The van der Waals surface area contributed by atoms with E-state index in [-0.39, 0.29) is 17.6 Å². The van der Waals surface area contributed by atoms with Gasteiger partial charge in [0.15, 0.2) is 11.4 Å². The zero-order valence-corrected chi connectivity index (χ0v) is 20.9. The van der Waals surface area contributed by atoms with E-state index in [0.717, 1.165) is 59.9 Å². The largest absolute Gasteiger partial charge is 0.459 e. The number of aromatic nitrogens is 4. The summed E-state index contributed by atoms with van der Waals surface area (Å²) in [6.45, 7) is 8.87. The van der Waals surface area contributed by atoms with Crippen molar-refractivity contribution < 1.29 is 13.6 Å². The van der Waals surface area contributed by atoms with E-state index in [1.54, 1.807) is 28.9 Å². The van der Waals surface area contributed by atoms with Crippen molar-refractivity contribution in [3.63, 3.8) is 0 Å². The molecular weight excluding hydrogens is 459 g/mol. The number of nitrogens with zero attached hydrogens (tertiary/aromatic N) is 6. The lowest BCUT2D eigenvalue weighted by Crippen LogP contribution is -2.35. The van der Waals surface area contributed by atoms with E-state index in [2.05, 4.69) is 18.7 Å². The van der Waals surface area contributed by atoms with Gasteiger partial charge in [-0.05, 0) is 56.2 Å². The van der Waals surface area contributed by atoms with Gasteiger partial charge < -0.3 is 14.2 Å². The molecule has 5 rings (SSSR count). The van der Waals surface area contributed by atoms with E-state index in [1.165, 1.54) is 18.4 Å². The topological polar surface area (TPSA) is 80.3 Å². The summed E-state index contributed by atoms with van der Waals surface area (Å²) in [5.41, 5.74) is 2.28. The highest BCUT2D eigenvalue weighted by Gasteiger charge is 2.27. The molecule has 8 nitrogen and oxygen atoms in total. The smallest absolute Gasteiger partial charge is 0.289 e. The molecule has 1 aromatic carbocycles. The van der Waals surface area contributed by atoms with E-state index < -0.39 is 0 Å². The molecule has 0 aliphatic carbocycles. The van der Waals surface area contributed by atoms with Gasteiger partial charge in [0.05, 0.1) is 23.0 Å². The molecule has 9 heteroatoms. The van der Waals surface area contributed by atoms with Crippen molar-refractivity contribution in [3.05, 3.63) is 65.8 Å². The third-order valence-electron chi connectivity index (χ3n) is 6.75. The lowest BCUT2D eigenvalue weighted by Gasteiger charge is -2.24. The van der Waals surface area contributed by atoms with E-state index in [9.17, 15) is 9.18 Å². The number of benzene rings is 1. The standard InChI is InChI=1S/C27H31FN6O2/c1-4-7-18(2)24-29-25(32-13-6-14-33(16-15-32)27(35)22-8-5-17-36-22)23-19(3)31-34(26(23)30-24)21-11-9-20(28)10-12-21/h5,8-12,17-18H,4,6-7,13-16H2,1-3H3/t18-/m0/s1. The van der Waals surface area contributed by atoms with Crippen molar-refractivity contribution in [3.8, 4) is 5.69 Å². The first-order valence-corrected chi connectivity index (χ1v) is 12.6. The summed E-state index contributed by atoms with van der Waals surface area (Å²) in [5.74, 6) is 1.77. The second-order valence-electron chi connectivity index (χ2n) is 9.38. The third-order valence-corrected chi connectivity index (χ3v) is 6.75. The van der Waals surface area contributed by atoms with Gasteiger partial charge in [0.25, 0.3) is 5.91 Å². The van der Waals surface area contributed by atoms with Gasteiger partial charge >= 0.3 is 0 Å². The average Bonchev–Trinajstić information content (AvgIpc) is 3.45. The molecule has 1 atom stereocenters. The number of furan rings is 1. The summed E-state index contributed by atoms with van der Waals surface area (Å²) in [6.07, 6.45) is 4.33. The Bertz CT molecular complexity index is 1350. The first kappa shape index (κ1) is 24.0. The van der Waals surface area contributed by atoms with Crippen LogP contribution in [-0.4, -0.2) is 56.7 Å². The molecule has 3 aromatic heterocycles. The number of rotatable bonds is 6. The van der Waals surface area contributed by atoms with Crippen LogP contribution in [0.15, 0.2) is 47.1 Å². The van der Waals surface area contributed by atoms with Crippen LogP contribution >= 0.6 is 0 Å². The highest BCUT2D eigenvalue weighted by Crippen LogP contribution is 2.32. The number of aryl methyl sites for hydroxylation is 1. The summed E-state index contributed by atoms with van der Waals surface area (Å²) in [7, 11) is 0. The average molecular weight is 491 g/mol. The molecule has 4 heterocycles. The van der Waals surface area contributed by atoms with Crippen LogP contribution < -0.4 is 4.90 Å². The van der Waals surface area contributed by atoms with Crippen LogP contribution in [0.3, 0.4) is 0 Å². The molecule has 0 bridgehead atoms. The van der Waals surface area contributed by atoms with Crippen molar-refractivity contribution in [2.24, 2.45) is 0 Å². The van der Waals surface area contributed by atoms with Crippen molar-refractivity contribution >= 4 is 22.8 Å². The fraction of sp³-hybridized carbons (Fsp3) is 0.407. The van der Waals surface area contributed by atoms with Gasteiger partial charge in [-0.15, -0.1) is 0 Å². The molecule has 0 saturated carbocycles. The summed E-state index contributed by atoms with van der Waals surface area (Å²) in [4.78, 5) is 27.0. The Kier molecular flexibility index (Phi) is 6.71. The predicted molar refractivity (Wildman–Crippen MR) is 136 cm³/mol. The minimum absolute atomic E-state index is 0.0905. The van der Waals surface area contributed by atoms with Crippen LogP contribution in [0, 0.1) is 12.7 Å². The van der Waals surface area contributed by atoms with Gasteiger partial charge in [-0.1, -0.05) is 20.3 Å². The van der Waals surface area contributed by atoms with Gasteiger partial charge in [-0.25, -0.2) is 19.0 Å². The fourth-order valence-corrected chi connectivity index (χ4v) is 4.84. The second kappa shape index (κ2) is 10.1. The number of anilines is 1. The van der Waals surface area contributed by atoms with Crippen LogP contribution in [0.25, 0.3) is 16.7 Å². The highest BCUT2D eigenvalue weighted by atomic mass is 19.1. The van der Waals surface area contributed by atoms with Crippen molar-refractivity contribution in [1.82, 2.24) is 24.6 Å². The van der Waals surface area contributed by atoms with Crippen molar-refractivity contribution in [2.75, 3.05) is 31.1 Å². The molecule has 0 N–H and O–H groups in total. The van der Waals surface area contributed by atoms with Crippen LogP contribution in [0.5, 0.6) is 0 Å². The zero-order valence-electron chi connectivity index (χ0n) is 20.9. The molecule has 4 aromatic rings. The molecule has 1 saturated heterocycles. The van der Waals surface area contributed by atoms with Gasteiger partial charge in [0.1, 0.15) is 17.5 Å². The lowest BCUT2D eigenvalue weighted by molar-refractivity contribution is 0.0735. The Labute approximate surface area is 209 Å². The number of hydrogen-bond donors (Lipinski definition) is 0. The number of fused-ring (bicyclic) bond motifs is 1. The summed E-state index contributed by atoms with van der Waals surface area (Å²) < 4.78 is 20.7. The SMILES string of the molecule is CCC[C@H](C)c1nc(N2CCCN(C(=O)c3ccco3)CC2)c2c(C)nn(-c3ccc(F)cc3)c2n1. The number of carbonyl (C=O) groups is 1. The predicted octanol–water partition coefficient (Wildman–Crippen LogP) is 5.11. The third kappa shape index (κ3) is 4.57. The maximum Gasteiger partial charge on any atom is 0.289 e. The van der Waals surface area contributed by atoms with Gasteiger partial charge in [0, 0.05) is 32.1 Å². The van der Waals surface area contributed by atoms with E-state index >= 15 is 0 Å². The van der Waals surface area contributed by atoms with E-state index in [0.29, 0.717) is 25.4 Å². The summed E-state index contributed by atoms with van der Waals surface area (Å²) in [6, 6.07) is 9.72. The van der Waals surface area contributed by atoms with Crippen LogP contribution in [0.1, 0.15) is 61.1 Å². The minimum Gasteiger partial charge on any atom is -0.459 e. The second-order valence-corrected chi connectivity index (χ2v) is 9.38. The summed E-state index contributed by atoms with van der Waals surface area (Å²) in [5, 5.41) is 5.67. The van der Waals surface area contributed by atoms with Crippen LogP contribution in [0.4, 0.5) is 10.2 Å². The molecule has 1 aliphatic heterocycles. The molecule has 0 radical (unpaired) electrons. The van der Waals surface area contributed by atoms with E-state index in [1.807, 2.05) is 11.8 Å². The quantitative estimate of drug-likeness (QED) is 0.374. The Morgan fingerprint density at radius 2 is 1.92 bits per heavy atom. The van der Waals surface area contributed by atoms with E-state index in [4.69, 9.17) is 19.5 Å². The molecule has 188 valence electrons. The maximum absolute atomic E-state index is 13.6. The van der Waals surface area contributed by atoms with Gasteiger partial charge in [-0.3, -0.25) is 4.79 Å². The number of halogens is 1. The molecule has 0 spiro atoms. The van der Waals surface area contributed by atoms with Gasteiger partial charge in [-0.2, -0.15) is 5.10 Å². The lowest BCUT2D eigenvalue weighted by atomic mass is 10.1. The minimum atomic E-state index is -0.294. The summed E-state index contributed by atoms with van der Waals surface area (Å²) >= 11 is 0. The van der Waals surface area contributed by atoms with Crippen LogP contribution in [0.2, 0.25) is 0 Å². The normalized spacial score (nSPS) is 15.3. The molecule has 0 unspecified atom stereocenters. The first-order valence-electron chi connectivity index (χ1n) is 12.6. The molecule has 1 aliphatic rings. The fourth-order valence-electron chi connectivity index (χ4n) is 4.84. The van der Waals surface area contributed by atoms with Crippen molar-refractivity contribution in [2.45, 2.75) is 46.0 Å². The molecule has 1 fully saturated rings. The Morgan fingerprint density at radius 3 is 2.64 bits per heavy atom. The highest BCUT2D eigenvalue weighted by molar-refractivity contribution is 5.92. The first-order chi connectivity index (χ1) is 17.5. The molecule has 1 amide bonds. The van der Waals surface area contributed by atoms with Crippen LogP contribution in [-0.2, 0) is 0 Å². The van der Waals surface area contributed by atoms with Crippen molar-refractivity contribution in [1.29, 1.82) is 0 Å². The monoisotopic (exact) mass is 490 g/mol. The van der Waals surface area contributed by atoms with Gasteiger partial charge in [0.2, 0.25) is 0 Å². The maximum atomic E-state index is 13.6. The Morgan fingerprint density at radius 1 is 1.11 bits per heavy atom. The zero-order chi connectivity index (χ0) is 25.2. The number of amides is 1. The number of carbonyl (C=O) groups excluding carboxylic acids is 1. The Balaban J connectivity index is 1.55. The molecule has 36 heavy (non-hydrogen) atoms. The molecular formula is C27H31FN6O2.